The Hall–Kier alpha value is -1.23. The van der Waals surface area contributed by atoms with Gasteiger partial charge in [-0.1, -0.05) is 0 Å². The molecule has 5 heteroatoms. The molecule has 2 N–H and O–H groups in total. The van der Waals surface area contributed by atoms with E-state index in [1.807, 2.05) is 11.6 Å². The summed E-state index contributed by atoms with van der Waals surface area (Å²) in [7, 11) is 0. The Morgan fingerprint density at radius 2 is 2.28 bits per heavy atom. The lowest BCUT2D eigenvalue weighted by atomic mass is 10.1. The van der Waals surface area contributed by atoms with Crippen molar-refractivity contribution in [2.75, 3.05) is 18.9 Å². The van der Waals surface area contributed by atoms with Gasteiger partial charge in [-0.3, -0.25) is 0 Å². The molecule has 1 fully saturated rings. The highest BCUT2D eigenvalue weighted by Gasteiger charge is 2.19. The fourth-order valence-corrected chi connectivity index (χ4v) is 2.14. The third kappa shape index (κ3) is 2.77. The van der Waals surface area contributed by atoms with Crippen LogP contribution in [0.4, 0.5) is 5.69 Å². The van der Waals surface area contributed by atoms with E-state index in [-0.39, 0.29) is 12.1 Å². The molecule has 1 saturated heterocycles. The van der Waals surface area contributed by atoms with Crippen LogP contribution in [0, 0.1) is 6.92 Å². The number of aromatic nitrogens is 2. The molecule has 0 saturated carbocycles. The maximum Gasteiger partial charge on any atom is 0.236 e. The number of nitrogens with two attached hydrogens (primary N) is 1. The van der Waals surface area contributed by atoms with Crippen LogP contribution in [0.3, 0.4) is 0 Å². The van der Waals surface area contributed by atoms with Crippen LogP contribution in [0.5, 0.6) is 5.88 Å². The summed E-state index contributed by atoms with van der Waals surface area (Å²) in [4.78, 5) is 0. The Balaban J connectivity index is 2.03. The summed E-state index contributed by atoms with van der Waals surface area (Å²) in [6.07, 6.45) is 3.62. The molecule has 0 spiro atoms. The average Bonchev–Trinajstić information content (AvgIpc) is 2.65. The summed E-state index contributed by atoms with van der Waals surface area (Å²) in [5.41, 5.74) is 7.47. The van der Waals surface area contributed by atoms with Gasteiger partial charge < -0.3 is 15.2 Å². The van der Waals surface area contributed by atoms with Gasteiger partial charge in [0.25, 0.3) is 0 Å². The summed E-state index contributed by atoms with van der Waals surface area (Å²) in [5.74, 6) is 0.677. The molecular formula is C13H23N3O2. The Kier molecular flexibility index (Phi) is 4.11. The van der Waals surface area contributed by atoms with Crippen molar-refractivity contribution in [1.82, 2.24) is 9.78 Å². The summed E-state index contributed by atoms with van der Waals surface area (Å²) in [5, 5.41) is 4.40. The molecule has 1 atom stereocenters. The van der Waals surface area contributed by atoms with Crippen LogP contribution in [-0.4, -0.2) is 29.1 Å². The van der Waals surface area contributed by atoms with Gasteiger partial charge in [-0.15, -0.1) is 0 Å². The minimum Gasteiger partial charge on any atom is -0.474 e. The van der Waals surface area contributed by atoms with E-state index in [0.717, 1.165) is 25.1 Å². The van der Waals surface area contributed by atoms with Crippen molar-refractivity contribution in [1.29, 1.82) is 0 Å². The number of hydrogen-bond donors (Lipinski definition) is 1. The highest BCUT2D eigenvalue weighted by Crippen LogP contribution is 2.28. The summed E-state index contributed by atoms with van der Waals surface area (Å²) < 4.78 is 13.3. The standard InChI is InChI=1S/C13H23N3O2/c1-9(2)16-13(12(14)10(3)15-16)18-8-11-6-4-5-7-17-11/h9,11H,4-8,14H2,1-3H3. The molecule has 1 aliphatic rings. The second-order valence-electron chi connectivity index (χ2n) is 5.14. The van der Waals surface area contributed by atoms with Crippen molar-refractivity contribution >= 4 is 5.69 Å². The van der Waals surface area contributed by atoms with Crippen LogP contribution in [0.15, 0.2) is 0 Å². The fourth-order valence-electron chi connectivity index (χ4n) is 2.14. The molecule has 1 aromatic heterocycles. The number of hydrogen-bond acceptors (Lipinski definition) is 4. The maximum atomic E-state index is 6.01. The van der Waals surface area contributed by atoms with Gasteiger partial charge in [0.15, 0.2) is 0 Å². The lowest BCUT2D eigenvalue weighted by Crippen LogP contribution is -2.26. The molecule has 2 rings (SSSR count). The van der Waals surface area contributed by atoms with E-state index in [4.69, 9.17) is 15.2 Å². The van der Waals surface area contributed by atoms with Crippen LogP contribution in [0.1, 0.15) is 44.8 Å². The molecule has 0 aliphatic carbocycles. The van der Waals surface area contributed by atoms with E-state index in [1.54, 1.807) is 0 Å². The lowest BCUT2D eigenvalue weighted by molar-refractivity contribution is -0.0129. The van der Waals surface area contributed by atoms with E-state index < -0.39 is 0 Å². The van der Waals surface area contributed by atoms with E-state index in [0.29, 0.717) is 18.2 Å². The number of ether oxygens (including phenoxy) is 2. The van der Waals surface area contributed by atoms with Crippen molar-refractivity contribution in [3.63, 3.8) is 0 Å². The first-order valence-electron chi connectivity index (χ1n) is 6.68. The third-order valence-corrected chi connectivity index (χ3v) is 3.26. The Morgan fingerprint density at radius 3 is 2.89 bits per heavy atom. The first-order chi connectivity index (χ1) is 8.59. The summed E-state index contributed by atoms with van der Waals surface area (Å²) in [6.45, 7) is 7.43. The Labute approximate surface area is 108 Å². The molecular weight excluding hydrogens is 230 g/mol. The van der Waals surface area contributed by atoms with Crippen molar-refractivity contribution in [2.24, 2.45) is 0 Å². The molecule has 1 aromatic rings. The zero-order valence-electron chi connectivity index (χ0n) is 11.5. The lowest BCUT2D eigenvalue weighted by Gasteiger charge is -2.23. The van der Waals surface area contributed by atoms with E-state index in [9.17, 15) is 0 Å². The highest BCUT2D eigenvalue weighted by atomic mass is 16.5. The molecule has 0 amide bonds. The summed E-state index contributed by atoms with van der Waals surface area (Å²) in [6, 6.07) is 0.239. The van der Waals surface area contributed by atoms with Crippen molar-refractivity contribution in [3.05, 3.63) is 5.69 Å². The topological polar surface area (TPSA) is 62.3 Å². The number of nitrogens with zero attached hydrogens (tertiary/aromatic N) is 2. The SMILES string of the molecule is Cc1nn(C(C)C)c(OCC2CCCCO2)c1N. The van der Waals surface area contributed by atoms with Crippen LogP contribution >= 0.6 is 0 Å². The van der Waals surface area contributed by atoms with Crippen molar-refractivity contribution in [3.8, 4) is 5.88 Å². The quantitative estimate of drug-likeness (QED) is 0.894. The number of rotatable bonds is 4. The van der Waals surface area contributed by atoms with Gasteiger partial charge in [-0.2, -0.15) is 5.10 Å². The zero-order chi connectivity index (χ0) is 13.1. The van der Waals surface area contributed by atoms with Gasteiger partial charge in [0.2, 0.25) is 5.88 Å². The van der Waals surface area contributed by atoms with Gasteiger partial charge in [0, 0.05) is 6.61 Å². The molecule has 0 radical (unpaired) electrons. The van der Waals surface area contributed by atoms with Crippen LogP contribution in [0.2, 0.25) is 0 Å². The normalized spacial score (nSPS) is 20.3. The average molecular weight is 253 g/mol. The van der Waals surface area contributed by atoms with Gasteiger partial charge in [0.05, 0.1) is 17.8 Å². The maximum absolute atomic E-state index is 6.01. The van der Waals surface area contributed by atoms with Gasteiger partial charge in [-0.25, -0.2) is 4.68 Å². The van der Waals surface area contributed by atoms with E-state index in [1.165, 1.54) is 6.42 Å². The van der Waals surface area contributed by atoms with Gasteiger partial charge in [0.1, 0.15) is 12.3 Å². The smallest absolute Gasteiger partial charge is 0.236 e. The minimum absolute atomic E-state index is 0.189. The second-order valence-corrected chi connectivity index (χ2v) is 5.14. The largest absolute Gasteiger partial charge is 0.474 e. The zero-order valence-corrected chi connectivity index (χ0v) is 11.5. The molecule has 1 aliphatic heterocycles. The Bertz CT molecular complexity index is 395. The Morgan fingerprint density at radius 1 is 1.50 bits per heavy atom. The predicted molar refractivity (Wildman–Crippen MR) is 70.8 cm³/mol. The van der Waals surface area contributed by atoms with Gasteiger partial charge >= 0.3 is 0 Å². The second kappa shape index (κ2) is 5.61. The molecule has 5 nitrogen and oxygen atoms in total. The molecule has 1 unspecified atom stereocenters. The monoisotopic (exact) mass is 253 g/mol. The van der Waals surface area contributed by atoms with Crippen molar-refractivity contribution < 1.29 is 9.47 Å². The molecule has 18 heavy (non-hydrogen) atoms. The number of aryl methyl sites for hydroxylation is 1. The molecule has 2 heterocycles. The molecule has 0 aromatic carbocycles. The minimum atomic E-state index is 0.189. The van der Waals surface area contributed by atoms with E-state index >= 15 is 0 Å². The molecule has 0 bridgehead atoms. The van der Waals surface area contributed by atoms with Crippen LogP contribution in [-0.2, 0) is 4.74 Å². The third-order valence-electron chi connectivity index (χ3n) is 3.26. The number of nitrogen functional groups attached to an aromatic ring is 1. The first-order valence-corrected chi connectivity index (χ1v) is 6.68. The van der Waals surface area contributed by atoms with Crippen LogP contribution < -0.4 is 10.5 Å². The highest BCUT2D eigenvalue weighted by molar-refractivity contribution is 5.52. The van der Waals surface area contributed by atoms with E-state index in [2.05, 4.69) is 18.9 Å². The van der Waals surface area contributed by atoms with Crippen LogP contribution in [0.25, 0.3) is 0 Å². The first kappa shape index (κ1) is 13.2. The molecule has 102 valence electrons. The summed E-state index contributed by atoms with van der Waals surface area (Å²) >= 11 is 0. The number of anilines is 1. The predicted octanol–water partition coefficient (Wildman–Crippen LogP) is 2.30. The van der Waals surface area contributed by atoms with Crippen molar-refractivity contribution in [2.45, 2.75) is 52.2 Å². The fraction of sp³-hybridized carbons (Fsp3) is 0.769. The van der Waals surface area contributed by atoms with Gasteiger partial charge in [-0.05, 0) is 40.0 Å².